The lowest BCUT2D eigenvalue weighted by Gasteiger charge is -2.34. The topological polar surface area (TPSA) is 36.4 Å². The third kappa shape index (κ3) is 3.53. The summed E-state index contributed by atoms with van der Waals surface area (Å²) in [4.78, 5) is 20.6. The van der Waals surface area contributed by atoms with Crippen LogP contribution in [0, 0.1) is 6.92 Å². The third-order valence-electron chi connectivity index (χ3n) is 3.24. The van der Waals surface area contributed by atoms with Gasteiger partial charge in [0.2, 0.25) is 5.91 Å². The van der Waals surface area contributed by atoms with Crippen LogP contribution in [0.5, 0.6) is 0 Å². The number of hydrogen-bond donors (Lipinski definition) is 0. The first-order chi connectivity index (χ1) is 8.69. The van der Waals surface area contributed by atoms with Gasteiger partial charge in [0.1, 0.15) is 0 Å². The number of piperazine rings is 1. The third-order valence-corrected chi connectivity index (χ3v) is 4.06. The van der Waals surface area contributed by atoms with Gasteiger partial charge in [0, 0.05) is 44.5 Å². The Hall–Kier alpha value is -0.940. The van der Waals surface area contributed by atoms with Crippen molar-refractivity contribution in [3.8, 4) is 0 Å². The maximum Gasteiger partial charge on any atom is 0.222 e. The SMILES string of the molecule is CCCC(=O)N1CCN(Cc2csc(C)n2)CC1. The van der Waals surface area contributed by atoms with Crippen LogP contribution in [0.4, 0.5) is 0 Å². The zero-order valence-corrected chi connectivity index (χ0v) is 12.0. The molecule has 18 heavy (non-hydrogen) atoms. The standard InChI is InChI=1S/C13H21N3OS/c1-3-4-13(17)16-7-5-15(6-8-16)9-12-10-18-11(2)14-12/h10H,3-9H2,1-2H3. The number of aryl methyl sites for hydroxylation is 1. The fourth-order valence-corrected chi connectivity index (χ4v) is 2.84. The second-order valence-electron chi connectivity index (χ2n) is 4.76. The van der Waals surface area contributed by atoms with Gasteiger partial charge in [-0.3, -0.25) is 9.69 Å². The molecule has 1 amide bonds. The molecule has 0 radical (unpaired) electrons. The van der Waals surface area contributed by atoms with Crippen molar-refractivity contribution in [1.29, 1.82) is 0 Å². The molecule has 2 heterocycles. The van der Waals surface area contributed by atoms with Crippen molar-refractivity contribution in [2.45, 2.75) is 33.2 Å². The van der Waals surface area contributed by atoms with Crippen LogP contribution < -0.4 is 0 Å². The van der Waals surface area contributed by atoms with Crippen LogP contribution in [0.3, 0.4) is 0 Å². The van der Waals surface area contributed by atoms with E-state index in [2.05, 4.69) is 22.2 Å². The maximum atomic E-state index is 11.8. The van der Waals surface area contributed by atoms with E-state index in [4.69, 9.17) is 0 Å². The van der Waals surface area contributed by atoms with Gasteiger partial charge in [-0.05, 0) is 13.3 Å². The molecule has 1 saturated heterocycles. The van der Waals surface area contributed by atoms with Crippen molar-refractivity contribution < 1.29 is 4.79 Å². The summed E-state index contributed by atoms with van der Waals surface area (Å²) in [5.74, 6) is 0.307. The first-order valence-electron chi connectivity index (χ1n) is 6.60. The molecule has 0 unspecified atom stereocenters. The van der Waals surface area contributed by atoms with Crippen LogP contribution in [0.25, 0.3) is 0 Å². The van der Waals surface area contributed by atoms with Gasteiger partial charge >= 0.3 is 0 Å². The smallest absolute Gasteiger partial charge is 0.222 e. The average molecular weight is 267 g/mol. The Bertz CT molecular complexity index is 397. The summed E-state index contributed by atoms with van der Waals surface area (Å²) in [6.45, 7) is 8.66. The Kier molecular flexibility index (Phi) is 4.72. The molecule has 0 spiro atoms. The van der Waals surface area contributed by atoms with Crippen molar-refractivity contribution in [2.24, 2.45) is 0 Å². The van der Waals surface area contributed by atoms with Crippen LogP contribution in [0.15, 0.2) is 5.38 Å². The lowest BCUT2D eigenvalue weighted by molar-refractivity contribution is -0.133. The van der Waals surface area contributed by atoms with Crippen molar-refractivity contribution in [1.82, 2.24) is 14.8 Å². The molecule has 2 rings (SSSR count). The van der Waals surface area contributed by atoms with Crippen LogP contribution in [-0.2, 0) is 11.3 Å². The molecular weight excluding hydrogens is 246 g/mol. The normalized spacial score (nSPS) is 17.1. The predicted octanol–water partition coefficient (Wildman–Crippen LogP) is 1.90. The van der Waals surface area contributed by atoms with Crippen molar-refractivity contribution in [3.05, 3.63) is 16.1 Å². The lowest BCUT2D eigenvalue weighted by Crippen LogP contribution is -2.48. The number of amides is 1. The van der Waals surface area contributed by atoms with Gasteiger partial charge in [0.05, 0.1) is 10.7 Å². The Morgan fingerprint density at radius 3 is 2.67 bits per heavy atom. The van der Waals surface area contributed by atoms with Crippen molar-refractivity contribution >= 4 is 17.2 Å². The van der Waals surface area contributed by atoms with Gasteiger partial charge in [-0.2, -0.15) is 0 Å². The molecule has 0 aromatic carbocycles. The van der Waals surface area contributed by atoms with E-state index in [1.54, 1.807) is 11.3 Å². The number of hydrogen-bond acceptors (Lipinski definition) is 4. The van der Waals surface area contributed by atoms with Crippen LogP contribution >= 0.6 is 11.3 Å². The van der Waals surface area contributed by atoms with E-state index in [0.717, 1.165) is 49.8 Å². The minimum atomic E-state index is 0.307. The molecule has 1 aromatic heterocycles. The molecule has 4 nitrogen and oxygen atoms in total. The second kappa shape index (κ2) is 6.29. The highest BCUT2D eigenvalue weighted by molar-refractivity contribution is 7.09. The molecule has 0 bridgehead atoms. The van der Waals surface area contributed by atoms with Crippen LogP contribution in [-0.4, -0.2) is 46.9 Å². The van der Waals surface area contributed by atoms with Gasteiger partial charge in [0.15, 0.2) is 0 Å². The molecule has 5 heteroatoms. The van der Waals surface area contributed by atoms with Gasteiger partial charge in [-0.25, -0.2) is 4.98 Å². The van der Waals surface area contributed by atoms with Gasteiger partial charge in [0.25, 0.3) is 0 Å². The van der Waals surface area contributed by atoms with E-state index in [0.29, 0.717) is 12.3 Å². The van der Waals surface area contributed by atoms with Crippen molar-refractivity contribution in [3.63, 3.8) is 0 Å². The highest BCUT2D eigenvalue weighted by Crippen LogP contribution is 2.12. The number of aromatic nitrogens is 1. The zero-order chi connectivity index (χ0) is 13.0. The molecule has 1 aromatic rings. The summed E-state index contributed by atoms with van der Waals surface area (Å²) in [7, 11) is 0. The van der Waals surface area contributed by atoms with Crippen molar-refractivity contribution in [2.75, 3.05) is 26.2 Å². The summed E-state index contributed by atoms with van der Waals surface area (Å²) in [5.41, 5.74) is 1.16. The van der Waals surface area contributed by atoms with Gasteiger partial charge < -0.3 is 4.90 Å². The van der Waals surface area contributed by atoms with E-state index in [9.17, 15) is 4.79 Å². The number of rotatable bonds is 4. The molecular formula is C13H21N3OS. The fourth-order valence-electron chi connectivity index (χ4n) is 2.24. The second-order valence-corrected chi connectivity index (χ2v) is 5.83. The summed E-state index contributed by atoms with van der Waals surface area (Å²) in [6, 6.07) is 0. The summed E-state index contributed by atoms with van der Waals surface area (Å²) < 4.78 is 0. The minimum absolute atomic E-state index is 0.307. The highest BCUT2D eigenvalue weighted by atomic mass is 32.1. The van der Waals surface area contributed by atoms with Gasteiger partial charge in [-0.1, -0.05) is 6.92 Å². The lowest BCUT2D eigenvalue weighted by atomic mass is 10.2. The monoisotopic (exact) mass is 267 g/mol. The molecule has 0 aliphatic carbocycles. The van der Waals surface area contributed by atoms with E-state index < -0.39 is 0 Å². The van der Waals surface area contributed by atoms with Gasteiger partial charge in [-0.15, -0.1) is 11.3 Å². The highest BCUT2D eigenvalue weighted by Gasteiger charge is 2.20. The van der Waals surface area contributed by atoms with Crippen LogP contribution in [0.1, 0.15) is 30.5 Å². The Balaban J connectivity index is 1.78. The Morgan fingerprint density at radius 2 is 2.11 bits per heavy atom. The average Bonchev–Trinajstić information content (AvgIpc) is 2.76. The largest absolute Gasteiger partial charge is 0.340 e. The molecule has 100 valence electrons. The fraction of sp³-hybridized carbons (Fsp3) is 0.692. The predicted molar refractivity (Wildman–Crippen MR) is 73.6 cm³/mol. The van der Waals surface area contributed by atoms with E-state index in [1.165, 1.54) is 0 Å². The number of carbonyl (C=O) groups excluding carboxylic acids is 1. The Labute approximate surface area is 113 Å². The molecule has 0 N–H and O–H groups in total. The van der Waals surface area contributed by atoms with E-state index in [1.807, 2.05) is 11.8 Å². The molecule has 0 atom stereocenters. The molecule has 1 aliphatic rings. The number of nitrogens with zero attached hydrogens (tertiary/aromatic N) is 3. The first-order valence-corrected chi connectivity index (χ1v) is 7.48. The minimum Gasteiger partial charge on any atom is -0.340 e. The quantitative estimate of drug-likeness (QED) is 0.836. The maximum absolute atomic E-state index is 11.8. The number of thiazole rings is 1. The summed E-state index contributed by atoms with van der Waals surface area (Å²) in [5, 5.41) is 3.26. The Morgan fingerprint density at radius 1 is 1.39 bits per heavy atom. The summed E-state index contributed by atoms with van der Waals surface area (Å²) in [6.07, 6.45) is 1.63. The van der Waals surface area contributed by atoms with E-state index >= 15 is 0 Å². The molecule has 1 fully saturated rings. The first kappa shape index (κ1) is 13.5. The van der Waals surface area contributed by atoms with Crippen LogP contribution in [0.2, 0.25) is 0 Å². The van der Waals surface area contributed by atoms with E-state index in [-0.39, 0.29) is 0 Å². The zero-order valence-electron chi connectivity index (χ0n) is 11.2. The summed E-state index contributed by atoms with van der Waals surface area (Å²) >= 11 is 1.70. The number of carbonyl (C=O) groups is 1. The molecule has 1 aliphatic heterocycles. The molecule has 0 saturated carbocycles.